The van der Waals surface area contributed by atoms with E-state index in [4.69, 9.17) is 5.11 Å². The van der Waals surface area contributed by atoms with E-state index < -0.39 is 28.0 Å². The molecule has 1 radical (unpaired) electrons. The molecule has 0 aliphatic heterocycles. The van der Waals surface area contributed by atoms with Crippen LogP contribution in [0.4, 0.5) is 0 Å². The largest absolute Gasteiger partial charge is 0.481 e. The second-order valence-electron chi connectivity index (χ2n) is 12.3. The fourth-order valence-corrected chi connectivity index (χ4v) is 14.3. The smallest absolute Gasteiger partial charge is 0.303 e. The van der Waals surface area contributed by atoms with Crippen molar-refractivity contribution in [3.05, 3.63) is 132 Å². The van der Waals surface area contributed by atoms with Gasteiger partial charge < -0.3 is 14.3 Å². The van der Waals surface area contributed by atoms with Crippen molar-refractivity contribution >= 4 is 47.4 Å². The summed E-state index contributed by atoms with van der Waals surface area (Å²) in [5.74, 6) is -0.763. The number of nitrogens with zero attached hydrogens (tertiary/aromatic N) is 2. The zero-order valence-electron chi connectivity index (χ0n) is 26.3. The van der Waals surface area contributed by atoms with Crippen molar-refractivity contribution < 1.29 is 9.90 Å². The number of imidazole rings is 1. The Bertz CT molecular complexity index is 1270. The predicted octanol–water partition coefficient (Wildman–Crippen LogP) is 7.86. The average Bonchev–Trinajstić information content (AvgIpc) is 3.38. The molecule has 4 aromatic rings. The second kappa shape index (κ2) is 16.1. The zero-order valence-corrected chi connectivity index (χ0v) is 28.3. The van der Waals surface area contributed by atoms with Crippen LogP contribution in [0, 0.1) is 0 Å². The zero-order chi connectivity index (χ0) is 29.9. The molecule has 217 valence electrons. The molecule has 0 atom stereocenters. The van der Waals surface area contributed by atoms with E-state index in [1.165, 1.54) is 0 Å². The number of carboxylic acid groups (broad SMARTS) is 1. The van der Waals surface area contributed by atoms with E-state index in [1.54, 1.807) is 0 Å². The molecular weight excluding hydrogens is 546 g/mol. The molecule has 3 aromatic carbocycles. The van der Waals surface area contributed by atoms with Crippen molar-refractivity contribution in [1.82, 2.24) is 14.2 Å². The van der Waals surface area contributed by atoms with Crippen molar-refractivity contribution in [3.8, 4) is 0 Å². The van der Waals surface area contributed by atoms with E-state index in [0.717, 1.165) is 22.4 Å². The molecule has 5 nitrogen and oxygen atoms in total. The molecule has 0 fully saturated rings. The summed E-state index contributed by atoms with van der Waals surface area (Å²) in [6.07, 6.45) is 9.40. The third kappa shape index (κ3) is 10.4. The monoisotopic (exact) mass is 590 g/mol. The van der Waals surface area contributed by atoms with Crippen LogP contribution in [0.5, 0.6) is 0 Å². The topological polar surface area (TPSA) is 67.2 Å². The Hall–Kier alpha value is -2.93. The van der Waals surface area contributed by atoms with Gasteiger partial charge in [-0.15, -0.1) is 0 Å². The molecule has 0 saturated heterocycles. The molecule has 0 bridgehead atoms. The number of aliphatic carboxylic acids is 1. The summed E-state index contributed by atoms with van der Waals surface area (Å²) in [5.41, 5.74) is 3.70. The minimum absolute atomic E-state index is 0. The van der Waals surface area contributed by atoms with E-state index in [9.17, 15) is 4.79 Å². The Morgan fingerprint density at radius 3 is 1.60 bits per heavy atom. The van der Waals surface area contributed by atoms with Gasteiger partial charge in [-0.2, -0.15) is 0 Å². The van der Waals surface area contributed by atoms with E-state index >= 15 is 0 Å². The Morgan fingerprint density at radius 1 is 0.810 bits per heavy atom. The maximum atomic E-state index is 10.7. The van der Waals surface area contributed by atoms with Gasteiger partial charge in [0, 0.05) is 31.5 Å². The number of unbranched alkanes of at least 4 members (excludes halogenated alkanes) is 1. The third-order valence-electron chi connectivity index (χ3n) is 6.36. The molecule has 2 N–H and O–H groups in total. The van der Waals surface area contributed by atoms with Crippen molar-refractivity contribution in [2.24, 2.45) is 0 Å². The van der Waals surface area contributed by atoms with Crippen LogP contribution < -0.4 is 4.65 Å². The molecule has 8 heteroatoms. The summed E-state index contributed by atoms with van der Waals surface area (Å²) < 4.78 is 5.91. The molecule has 42 heavy (non-hydrogen) atoms. The molecular formula is C34H45LiN3O2Si2. The van der Waals surface area contributed by atoms with Crippen LogP contribution in [0.15, 0.2) is 110 Å². The van der Waals surface area contributed by atoms with E-state index in [0.29, 0.717) is 12.8 Å². The van der Waals surface area contributed by atoms with Gasteiger partial charge in [-0.1, -0.05) is 136 Å². The summed E-state index contributed by atoms with van der Waals surface area (Å²) in [7, 11) is -1.96. The Balaban J connectivity index is 0.000000536. The van der Waals surface area contributed by atoms with Crippen molar-refractivity contribution in [3.63, 3.8) is 0 Å². The fourth-order valence-electron chi connectivity index (χ4n) is 5.29. The van der Waals surface area contributed by atoms with Crippen LogP contribution in [0.2, 0.25) is 39.3 Å². The van der Waals surface area contributed by atoms with Gasteiger partial charge in [0.25, 0.3) is 0 Å². The summed E-state index contributed by atoms with van der Waals surface area (Å²) in [5, 5.41) is 8.81. The minimum Gasteiger partial charge on any atom is -0.481 e. The summed E-state index contributed by atoms with van der Waals surface area (Å²) in [6.45, 7) is 14.1. The molecule has 0 aliphatic carbocycles. The molecule has 1 heterocycles. The number of allylic oxidation sites excluding steroid dienone is 1. The number of nitrogens with one attached hydrogen (secondary N) is 1. The van der Waals surface area contributed by atoms with E-state index in [-0.39, 0.29) is 25.3 Å². The molecule has 4 rings (SSSR count). The molecule has 0 saturated carbocycles. The minimum atomic E-state index is -0.981. The van der Waals surface area contributed by atoms with Gasteiger partial charge in [-0.05, 0) is 35.6 Å². The van der Waals surface area contributed by atoms with Crippen molar-refractivity contribution in [1.29, 1.82) is 0 Å². The first kappa shape index (κ1) is 35.3. The number of carboxylic acids is 1. The quantitative estimate of drug-likeness (QED) is 0.106. The molecule has 0 spiro atoms. The van der Waals surface area contributed by atoms with Crippen LogP contribution in [0.1, 0.15) is 41.6 Å². The molecule has 0 unspecified atom stereocenters. The van der Waals surface area contributed by atoms with Crippen LogP contribution >= 0.6 is 0 Å². The summed E-state index contributed by atoms with van der Waals surface area (Å²) >= 11 is 0. The number of aromatic nitrogens is 2. The Kier molecular flexibility index (Phi) is 13.5. The van der Waals surface area contributed by atoms with Gasteiger partial charge in [0.05, 0.1) is 12.0 Å². The standard InChI is InChI=1S/C28H26N2O2.C6H19NSi2.Li/c31-27(32)20-12-4-11-19-26-21-30(22-29-26)28(23-13-5-1-6-14-23,24-15-7-2-8-16-24)25-17-9-3-10-18-25;1-8(2,3)7-9(4,5)6;/h1-3,5-11,13-19,21-22H,4,12,20H2,(H,31,32);7H,1-6H3;. The SMILES string of the molecule is C[Si](C)(C)N[Si](C)(C)C.O=C(O)CCCC=Cc1cn(C(c2ccccc2)(c2ccccc2)c2ccccc2)cn1.[Li]. The van der Waals surface area contributed by atoms with Gasteiger partial charge in [0.1, 0.15) is 22.0 Å². The van der Waals surface area contributed by atoms with Crippen LogP contribution in [-0.4, -0.2) is 56.0 Å². The first-order valence-electron chi connectivity index (χ1n) is 14.3. The average molecular weight is 591 g/mol. The predicted molar refractivity (Wildman–Crippen MR) is 183 cm³/mol. The Labute approximate surface area is 266 Å². The maximum Gasteiger partial charge on any atom is 0.303 e. The summed E-state index contributed by atoms with van der Waals surface area (Å²) in [4.78, 5) is 15.4. The number of hydrogen-bond acceptors (Lipinski definition) is 3. The molecule has 0 amide bonds. The van der Waals surface area contributed by atoms with E-state index in [1.807, 2.05) is 36.7 Å². The number of carbonyl (C=O) groups is 1. The second-order valence-corrected chi connectivity index (χ2v) is 22.3. The Morgan fingerprint density at radius 2 is 1.24 bits per heavy atom. The maximum absolute atomic E-state index is 10.7. The van der Waals surface area contributed by atoms with Crippen LogP contribution in [0.25, 0.3) is 6.08 Å². The van der Waals surface area contributed by atoms with Crippen LogP contribution in [0.3, 0.4) is 0 Å². The van der Waals surface area contributed by atoms with Gasteiger partial charge in [-0.25, -0.2) is 4.98 Å². The normalized spacial score (nSPS) is 11.9. The van der Waals surface area contributed by atoms with Crippen LogP contribution in [-0.2, 0) is 10.3 Å². The third-order valence-corrected chi connectivity index (χ3v) is 12.4. The van der Waals surface area contributed by atoms with Gasteiger partial charge in [-0.3, -0.25) is 4.79 Å². The number of rotatable bonds is 11. The number of hydrogen-bond donors (Lipinski definition) is 2. The van der Waals surface area contributed by atoms with E-state index in [2.05, 4.69) is 132 Å². The fraction of sp³-hybridized carbons (Fsp3) is 0.294. The summed E-state index contributed by atoms with van der Waals surface area (Å²) in [6, 6.07) is 31.4. The number of benzene rings is 3. The first-order chi connectivity index (χ1) is 19.4. The first-order valence-corrected chi connectivity index (χ1v) is 21.3. The van der Waals surface area contributed by atoms with Gasteiger partial charge in [0.2, 0.25) is 0 Å². The van der Waals surface area contributed by atoms with Gasteiger partial charge in [0.15, 0.2) is 0 Å². The van der Waals surface area contributed by atoms with Crippen molar-refractivity contribution in [2.45, 2.75) is 64.1 Å². The van der Waals surface area contributed by atoms with Crippen molar-refractivity contribution in [2.75, 3.05) is 0 Å². The molecule has 0 aliphatic rings. The van der Waals surface area contributed by atoms with Gasteiger partial charge >= 0.3 is 5.97 Å². The molecule has 1 aromatic heterocycles.